The third-order valence-electron chi connectivity index (χ3n) is 2.61. The van der Waals surface area contributed by atoms with Crippen molar-refractivity contribution >= 4 is 16.5 Å². The zero-order valence-corrected chi connectivity index (χ0v) is 11.4. The summed E-state index contributed by atoms with van der Waals surface area (Å²) in [5.41, 5.74) is 7.41. The molecule has 100 valence electrons. The smallest absolute Gasteiger partial charge is 0.121 e. The second-order valence-corrected chi connectivity index (χ2v) is 5.77. The number of rotatable bonds is 6. The summed E-state index contributed by atoms with van der Waals surface area (Å²) >= 11 is 0. The van der Waals surface area contributed by atoms with Crippen LogP contribution in [0.25, 0.3) is 0 Å². The van der Waals surface area contributed by atoms with Gasteiger partial charge in [-0.05, 0) is 17.7 Å². The van der Waals surface area contributed by atoms with Crippen LogP contribution < -0.4 is 10.5 Å². The second-order valence-electron chi connectivity index (χ2n) is 4.19. The minimum Gasteiger partial charge on any atom is -0.493 e. The van der Waals surface area contributed by atoms with Crippen molar-refractivity contribution in [2.45, 2.75) is 5.75 Å². The Kier molecular flexibility index (Phi) is 4.98. The maximum Gasteiger partial charge on any atom is 0.121 e. The zero-order valence-electron chi connectivity index (χ0n) is 10.6. The van der Waals surface area contributed by atoms with Crippen molar-refractivity contribution in [1.29, 1.82) is 0 Å². The molecule has 1 unspecified atom stereocenters. The van der Waals surface area contributed by atoms with E-state index >= 15 is 0 Å². The Hall–Kier alpha value is -1.81. The van der Waals surface area contributed by atoms with E-state index in [9.17, 15) is 4.21 Å². The molecule has 2 aromatic rings. The number of benzene rings is 2. The molecule has 1 atom stereocenters. The number of nitrogens with two attached hydrogens (primary N) is 1. The molecule has 4 heteroatoms. The van der Waals surface area contributed by atoms with Crippen molar-refractivity contribution in [2.24, 2.45) is 0 Å². The van der Waals surface area contributed by atoms with E-state index in [1.165, 1.54) is 0 Å². The summed E-state index contributed by atoms with van der Waals surface area (Å²) in [6, 6.07) is 17.1. The van der Waals surface area contributed by atoms with Crippen molar-refractivity contribution in [3.8, 4) is 5.75 Å². The van der Waals surface area contributed by atoms with Crippen LogP contribution in [0.15, 0.2) is 54.6 Å². The first-order chi connectivity index (χ1) is 9.24. The van der Waals surface area contributed by atoms with Crippen LogP contribution >= 0.6 is 0 Å². The molecule has 2 N–H and O–H groups in total. The van der Waals surface area contributed by atoms with E-state index in [1.807, 2.05) is 42.5 Å². The molecule has 0 spiro atoms. The summed E-state index contributed by atoms with van der Waals surface area (Å²) in [4.78, 5) is 0. The van der Waals surface area contributed by atoms with Crippen molar-refractivity contribution in [2.75, 3.05) is 18.1 Å². The van der Waals surface area contributed by atoms with Crippen LogP contribution in [0, 0.1) is 0 Å². The molecule has 0 saturated carbocycles. The summed E-state index contributed by atoms with van der Waals surface area (Å²) in [7, 11) is -0.906. The highest BCUT2D eigenvalue weighted by Crippen LogP contribution is 2.14. The summed E-state index contributed by atoms with van der Waals surface area (Å²) in [5.74, 6) is 1.81. The van der Waals surface area contributed by atoms with Gasteiger partial charge < -0.3 is 10.5 Å². The topological polar surface area (TPSA) is 52.3 Å². The molecule has 0 aliphatic rings. The lowest BCUT2D eigenvalue weighted by atomic mass is 10.2. The number of ether oxygens (including phenoxy) is 1. The van der Waals surface area contributed by atoms with Crippen LogP contribution in [0.2, 0.25) is 0 Å². The molecule has 0 fully saturated rings. The van der Waals surface area contributed by atoms with Gasteiger partial charge in [0.05, 0.1) is 12.4 Å². The van der Waals surface area contributed by atoms with Crippen LogP contribution in [0.5, 0.6) is 5.75 Å². The van der Waals surface area contributed by atoms with Crippen LogP contribution in [0.3, 0.4) is 0 Å². The Balaban J connectivity index is 1.75. The van der Waals surface area contributed by atoms with E-state index in [0.29, 0.717) is 23.8 Å². The molecule has 0 aliphatic carbocycles. The van der Waals surface area contributed by atoms with E-state index in [-0.39, 0.29) is 0 Å². The van der Waals surface area contributed by atoms with Crippen molar-refractivity contribution in [1.82, 2.24) is 0 Å². The summed E-state index contributed by atoms with van der Waals surface area (Å²) < 4.78 is 17.4. The first-order valence-corrected chi connectivity index (χ1v) is 7.60. The third-order valence-corrected chi connectivity index (χ3v) is 3.89. The fourth-order valence-corrected chi connectivity index (χ4v) is 2.67. The average molecular weight is 275 g/mol. The molecule has 0 aliphatic heterocycles. The number of hydrogen-bond acceptors (Lipinski definition) is 3. The molecule has 0 radical (unpaired) electrons. The van der Waals surface area contributed by atoms with E-state index in [0.717, 1.165) is 11.3 Å². The predicted octanol–water partition coefficient (Wildman–Crippen LogP) is 2.60. The van der Waals surface area contributed by atoms with Crippen LogP contribution in [-0.2, 0) is 16.6 Å². The first kappa shape index (κ1) is 13.6. The molecule has 0 saturated heterocycles. The highest BCUT2D eigenvalue weighted by Gasteiger charge is 2.02. The van der Waals surface area contributed by atoms with E-state index in [1.54, 1.807) is 12.1 Å². The quantitative estimate of drug-likeness (QED) is 0.824. The van der Waals surface area contributed by atoms with Crippen LogP contribution in [-0.4, -0.2) is 16.6 Å². The molecular formula is C15H17NO2S. The van der Waals surface area contributed by atoms with Gasteiger partial charge in [0.25, 0.3) is 0 Å². The average Bonchev–Trinajstić information content (AvgIpc) is 2.40. The minimum absolute atomic E-state index is 0.433. The molecular weight excluding hydrogens is 258 g/mol. The Morgan fingerprint density at radius 2 is 1.84 bits per heavy atom. The molecule has 0 amide bonds. The third kappa shape index (κ3) is 4.75. The molecule has 0 bridgehead atoms. The Morgan fingerprint density at radius 3 is 2.58 bits per heavy atom. The first-order valence-electron chi connectivity index (χ1n) is 6.11. The van der Waals surface area contributed by atoms with Crippen molar-refractivity contribution < 1.29 is 8.95 Å². The van der Waals surface area contributed by atoms with Crippen molar-refractivity contribution in [3.63, 3.8) is 0 Å². The number of hydrogen-bond donors (Lipinski definition) is 1. The SMILES string of the molecule is Nc1cccc(OCCS(=O)Cc2ccccc2)c1. The Morgan fingerprint density at radius 1 is 1.05 bits per heavy atom. The van der Waals surface area contributed by atoms with Gasteiger partial charge in [0.15, 0.2) is 0 Å². The molecule has 3 nitrogen and oxygen atoms in total. The standard InChI is InChI=1S/C15H17NO2S/c16-14-7-4-8-15(11-14)18-9-10-19(17)12-13-5-2-1-3-6-13/h1-8,11H,9-10,12,16H2. The molecule has 2 rings (SSSR count). The van der Waals surface area contributed by atoms with Gasteiger partial charge in [0, 0.05) is 28.3 Å². The fraction of sp³-hybridized carbons (Fsp3) is 0.200. The van der Waals surface area contributed by atoms with Gasteiger partial charge >= 0.3 is 0 Å². The summed E-state index contributed by atoms with van der Waals surface area (Å²) in [6.07, 6.45) is 0. The Labute approximate surface area is 115 Å². The van der Waals surface area contributed by atoms with Gasteiger partial charge in [-0.1, -0.05) is 36.4 Å². The zero-order chi connectivity index (χ0) is 13.5. The van der Waals surface area contributed by atoms with E-state index in [2.05, 4.69) is 0 Å². The van der Waals surface area contributed by atoms with Crippen LogP contribution in [0.1, 0.15) is 5.56 Å². The van der Waals surface area contributed by atoms with Gasteiger partial charge in [-0.25, -0.2) is 0 Å². The lowest BCUT2D eigenvalue weighted by Crippen LogP contribution is -2.10. The van der Waals surface area contributed by atoms with Crippen molar-refractivity contribution in [3.05, 3.63) is 60.2 Å². The lowest BCUT2D eigenvalue weighted by molar-refractivity contribution is 0.343. The molecule has 19 heavy (non-hydrogen) atoms. The van der Waals surface area contributed by atoms with E-state index < -0.39 is 10.8 Å². The van der Waals surface area contributed by atoms with Gasteiger partial charge in [0.1, 0.15) is 5.75 Å². The molecule has 2 aromatic carbocycles. The lowest BCUT2D eigenvalue weighted by Gasteiger charge is -2.07. The number of anilines is 1. The number of nitrogen functional groups attached to an aromatic ring is 1. The largest absolute Gasteiger partial charge is 0.493 e. The summed E-state index contributed by atoms with van der Waals surface area (Å²) in [6.45, 7) is 0.433. The monoisotopic (exact) mass is 275 g/mol. The second kappa shape index (κ2) is 6.95. The highest BCUT2D eigenvalue weighted by molar-refractivity contribution is 7.84. The molecule has 0 heterocycles. The molecule has 0 aromatic heterocycles. The highest BCUT2D eigenvalue weighted by atomic mass is 32.2. The minimum atomic E-state index is -0.906. The van der Waals surface area contributed by atoms with E-state index in [4.69, 9.17) is 10.5 Å². The van der Waals surface area contributed by atoms with Gasteiger partial charge in [-0.3, -0.25) is 4.21 Å². The van der Waals surface area contributed by atoms with Crippen LogP contribution in [0.4, 0.5) is 5.69 Å². The Bertz CT molecular complexity index is 543. The van der Waals surface area contributed by atoms with Gasteiger partial charge in [-0.15, -0.1) is 0 Å². The maximum absolute atomic E-state index is 11.9. The normalized spacial score (nSPS) is 12.0. The van der Waals surface area contributed by atoms with Gasteiger partial charge in [0.2, 0.25) is 0 Å². The predicted molar refractivity (Wildman–Crippen MR) is 79.5 cm³/mol. The summed E-state index contributed by atoms with van der Waals surface area (Å²) in [5, 5.41) is 0. The maximum atomic E-state index is 11.9. The fourth-order valence-electron chi connectivity index (χ4n) is 1.69. The van der Waals surface area contributed by atoms with Gasteiger partial charge in [-0.2, -0.15) is 0 Å².